The highest BCUT2D eigenvalue weighted by atomic mass is 79.9. The molecule has 0 radical (unpaired) electrons. The number of nitrogens with zero attached hydrogens (tertiary/aromatic N) is 3. The van der Waals surface area contributed by atoms with Crippen molar-refractivity contribution in [2.24, 2.45) is 4.99 Å². The first-order valence-corrected chi connectivity index (χ1v) is 10.2. The SMILES string of the molecule is CCc1ccc(N=Cc2cc(Br)c(Oc3ccc([N+](=O)[O-])cc3[N+](=O)[O-])c(OC)c2)cc1. The van der Waals surface area contributed by atoms with E-state index in [1.54, 1.807) is 18.3 Å². The second-order valence-corrected chi connectivity index (χ2v) is 7.43. The second-order valence-electron chi connectivity index (χ2n) is 6.58. The zero-order valence-electron chi connectivity index (χ0n) is 17.1. The minimum absolute atomic E-state index is 0.156. The topological polar surface area (TPSA) is 117 Å². The molecule has 0 aliphatic heterocycles. The van der Waals surface area contributed by atoms with Crippen molar-refractivity contribution < 1.29 is 19.3 Å². The van der Waals surface area contributed by atoms with Gasteiger partial charge in [-0.2, -0.15) is 0 Å². The van der Waals surface area contributed by atoms with Crippen molar-refractivity contribution in [2.45, 2.75) is 13.3 Å². The highest BCUT2D eigenvalue weighted by Gasteiger charge is 2.23. The Bertz CT molecular complexity index is 1200. The molecule has 0 saturated heterocycles. The Balaban J connectivity index is 1.92. The molecule has 0 amide bonds. The molecule has 0 bridgehead atoms. The molecular weight excluding hydrogens is 482 g/mol. The summed E-state index contributed by atoms with van der Waals surface area (Å²) in [5, 5.41) is 22.3. The summed E-state index contributed by atoms with van der Waals surface area (Å²) >= 11 is 3.40. The number of ether oxygens (including phenoxy) is 2. The third kappa shape index (κ3) is 5.27. The van der Waals surface area contributed by atoms with E-state index in [2.05, 4.69) is 27.8 Å². The van der Waals surface area contributed by atoms with Crippen molar-refractivity contribution in [3.8, 4) is 17.2 Å². The van der Waals surface area contributed by atoms with Gasteiger partial charge in [-0.15, -0.1) is 0 Å². The molecule has 0 atom stereocenters. The predicted molar refractivity (Wildman–Crippen MR) is 124 cm³/mol. The van der Waals surface area contributed by atoms with Gasteiger partial charge < -0.3 is 9.47 Å². The van der Waals surface area contributed by atoms with Crippen LogP contribution in [-0.4, -0.2) is 23.2 Å². The maximum Gasteiger partial charge on any atom is 0.318 e. The van der Waals surface area contributed by atoms with Gasteiger partial charge in [-0.05, 0) is 63.8 Å². The monoisotopic (exact) mass is 499 g/mol. The van der Waals surface area contributed by atoms with Gasteiger partial charge in [-0.1, -0.05) is 19.1 Å². The second kappa shape index (κ2) is 10.0. The van der Waals surface area contributed by atoms with Crippen molar-refractivity contribution in [1.29, 1.82) is 0 Å². The van der Waals surface area contributed by atoms with Crippen LogP contribution in [0.4, 0.5) is 17.1 Å². The average Bonchev–Trinajstić information content (AvgIpc) is 2.79. The molecule has 3 rings (SSSR count). The Kier molecular flexibility index (Phi) is 7.16. The number of benzene rings is 3. The van der Waals surface area contributed by atoms with Gasteiger partial charge in [-0.3, -0.25) is 25.2 Å². The molecule has 0 unspecified atom stereocenters. The average molecular weight is 500 g/mol. The number of aryl methyl sites for hydroxylation is 1. The van der Waals surface area contributed by atoms with Gasteiger partial charge in [0.05, 0.1) is 33.2 Å². The maximum atomic E-state index is 11.4. The Morgan fingerprint density at radius 2 is 1.72 bits per heavy atom. The van der Waals surface area contributed by atoms with E-state index in [0.717, 1.165) is 24.2 Å². The van der Waals surface area contributed by atoms with E-state index in [1.807, 2.05) is 24.3 Å². The Labute approximate surface area is 191 Å². The summed E-state index contributed by atoms with van der Waals surface area (Å²) < 4.78 is 11.6. The first kappa shape index (κ1) is 22.9. The van der Waals surface area contributed by atoms with Crippen molar-refractivity contribution in [2.75, 3.05) is 7.11 Å². The molecule has 0 saturated carbocycles. The molecule has 32 heavy (non-hydrogen) atoms. The normalized spacial score (nSPS) is 10.8. The number of non-ortho nitro benzene ring substituents is 1. The Hall–Kier alpha value is -3.79. The van der Waals surface area contributed by atoms with E-state index >= 15 is 0 Å². The number of rotatable bonds is 8. The molecule has 0 heterocycles. The maximum absolute atomic E-state index is 11.4. The number of nitro benzene ring substituents is 2. The zero-order valence-corrected chi connectivity index (χ0v) is 18.7. The zero-order chi connectivity index (χ0) is 23.3. The number of hydrogen-bond donors (Lipinski definition) is 0. The molecule has 10 heteroatoms. The Morgan fingerprint density at radius 1 is 1.00 bits per heavy atom. The molecule has 0 aliphatic rings. The highest BCUT2D eigenvalue weighted by molar-refractivity contribution is 9.10. The fourth-order valence-corrected chi connectivity index (χ4v) is 3.38. The minimum atomic E-state index is -0.743. The summed E-state index contributed by atoms with van der Waals surface area (Å²) in [6.07, 6.45) is 2.61. The smallest absolute Gasteiger partial charge is 0.318 e. The third-order valence-electron chi connectivity index (χ3n) is 4.52. The quantitative estimate of drug-likeness (QED) is 0.201. The van der Waals surface area contributed by atoms with Crippen LogP contribution in [0.5, 0.6) is 17.2 Å². The fourth-order valence-electron chi connectivity index (χ4n) is 2.84. The van der Waals surface area contributed by atoms with Crippen molar-refractivity contribution in [3.63, 3.8) is 0 Å². The molecule has 0 aromatic heterocycles. The van der Waals surface area contributed by atoms with Crippen LogP contribution < -0.4 is 9.47 Å². The fraction of sp³-hybridized carbons (Fsp3) is 0.136. The highest BCUT2D eigenvalue weighted by Crippen LogP contribution is 2.42. The number of methoxy groups -OCH3 is 1. The number of hydrogen-bond acceptors (Lipinski definition) is 7. The van der Waals surface area contributed by atoms with E-state index in [1.165, 1.54) is 18.7 Å². The van der Waals surface area contributed by atoms with Crippen LogP contribution in [-0.2, 0) is 6.42 Å². The van der Waals surface area contributed by atoms with E-state index in [4.69, 9.17) is 9.47 Å². The lowest BCUT2D eigenvalue weighted by Gasteiger charge is -2.13. The third-order valence-corrected chi connectivity index (χ3v) is 5.11. The van der Waals surface area contributed by atoms with Gasteiger partial charge in [0, 0.05) is 12.3 Å². The number of nitro groups is 2. The molecule has 3 aromatic rings. The molecule has 0 spiro atoms. The van der Waals surface area contributed by atoms with Crippen LogP contribution in [0, 0.1) is 20.2 Å². The molecule has 0 N–H and O–H groups in total. The molecule has 0 aliphatic carbocycles. The standard InChI is InChI=1S/C22H18BrN3O6/c1-3-14-4-6-16(7-5-14)24-13-15-10-18(23)22(21(11-15)31-2)32-20-9-8-17(25(27)28)12-19(20)26(29)30/h4-13H,3H2,1-2H3. The van der Waals surface area contributed by atoms with E-state index in [-0.39, 0.29) is 11.5 Å². The summed E-state index contributed by atoms with van der Waals surface area (Å²) in [7, 11) is 1.43. The van der Waals surface area contributed by atoms with Crippen LogP contribution in [0.3, 0.4) is 0 Å². The first-order chi connectivity index (χ1) is 15.3. The van der Waals surface area contributed by atoms with Gasteiger partial charge in [0.1, 0.15) is 0 Å². The van der Waals surface area contributed by atoms with Crippen LogP contribution >= 0.6 is 15.9 Å². The van der Waals surface area contributed by atoms with Gasteiger partial charge in [0.25, 0.3) is 5.69 Å². The van der Waals surface area contributed by atoms with E-state index < -0.39 is 21.2 Å². The van der Waals surface area contributed by atoms with Gasteiger partial charge in [0.2, 0.25) is 5.75 Å². The van der Waals surface area contributed by atoms with Crippen LogP contribution in [0.25, 0.3) is 0 Å². The molecule has 3 aromatic carbocycles. The van der Waals surface area contributed by atoms with Crippen molar-refractivity contribution in [1.82, 2.24) is 0 Å². The van der Waals surface area contributed by atoms with Crippen LogP contribution in [0.15, 0.2) is 64.1 Å². The largest absolute Gasteiger partial charge is 0.493 e. The number of halogens is 1. The predicted octanol–water partition coefficient (Wildman–Crippen LogP) is 6.38. The minimum Gasteiger partial charge on any atom is -0.493 e. The van der Waals surface area contributed by atoms with Gasteiger partial charge in [0.15, 0.2) is 11.5 Å². The van der Waals surface area contributed by atoms with E-state index in [0.29, 0.717) is 15.8 Å². The van der Waals surface area contributed by atoms with Crippen molar-refractivity contribution >= 4 is 39.2 Å². The summed E-state index contributed by atoms with van der Waals surface area (Å²) in [5.41, 5.74) is 1.77. The lowest BCUT2D eigenvalue weighted by Crippen LogP contribution is -1.98. The molecular formula is C22H18BrN3O6. The summed E-state index contributed by atoms with van der Waals surface area (Å²) in [6, 6.07) is 14.4. The first-order valence-electron chi connectivity index (χ1n) is 9.43. The molecule has 0 fully saturated rings. The lowest BCUT2D eigenvalue weighted by molar-refractivity contribution is -0.394. The number of aliphatic imine (C=N–C) groups is 1. The summed E-state index contributed by atoms with van der Waals surface area (Å²) in [4.78, 5) is 25.3. The van der Waals surface area contributed by atoms with Crippen LogP contribution in [0.2, 0.25) is 0 Å². The molecule has 9 nitrogen and oxygen atoms in total. The van der Waals surface area contributed by atoms with Crippen LogP contribution in [0.1, 0.15) is 18.1 Å². The van der Waals surface area contributed by atoms with Crippen molar-refractivity contribution in [3.05, 3.63) is 90.4 Å². The van der Waals surface area contributed by atoms with E-state index in [9.17, 15) is 20.2 Å². The Morgan fingerprint density at radius 3 is 2.31 bits per heavy atom. The summed E-state index contributed by atoms with van der Waals surface area (Å²) in [5.74, 6) is 0.334. The lowest BCUT2D eigenvalue weighted by atomic mass is 10.1. The molecule has 164 valence electrons. The van der Waals surface area contributed by atoms with Gasteiger partial charge in [-0.25, -0.2) is 0 Å². The summed E-state index contributed by atoms with van der Waals surface area (Å²) in [6.45, 7) is 2.08. The van der Waals surface area contributed by atoms with Gasteiger partial charge >= 0.3 is 5.69 Å².